The minimum Gasteiger partial charge on any atom is -0.505 e. The number of amides is 1. The summed E-state index contributed by atoms with van der Waals surface area (Å²) in [5, 5.41) is 37.0. The maximum absolute atomic E-state index is 13.3. The molecule has 0 saturated carbocycles. The molecule has 5 aromatic rings. The van der Waals surface area contributed by atoms with Crippen molar-refractivity contribution in [2.45, 2.75) is 6.61 Å². The number of aromatic nitrogens is 4. The van der Waals surface area contributed by atoms with E-state index in [9.17, 15) is 19.8 Å². The van der Waals surface area contributed by atoms with Gasteiger partial charge in [0.1, 0.15) is 11.4 Å². The van der Waals surface area contributed by atoms with Crippen LogP contribution in [0.4, 0.5) is 17.2 Å². The second kappa shape index (κ2) is 10.9. The minimum absolute atomic E-state index is 0.0134. The fourth-order valence-electron chi connectivity index (χ4n) is 3.90. The predicted molar refractivity (Wildman–Crippen MR) is 141 cm³/mol. The third kappa shape index (κ3) is 4.91. The minimum atomic E-state index is -0.624. The number of phenolic OH excluding ortho intramolecular Hbond substituents is 1. The molecule has 2 heterocycles. The van der Waals surface area contributed by atoms with E-state index in [4.69, 9.17) is 4.74 Å². The van der Waals surface area contributed by atoms with Gasteiger partial charge in [-0.05, 0) is 35.2 Å². The van der Waals surface area contributed by atoms with Crippen LogP contribution in [0.2, 0.25) is 0 Å². The molecule has 12 heteroatoms. The van der Waals surface area contributed by atoms with Crippen molar-refractivity contribution in [1.29, 1.82) is 0 Å². The van der Waals surface area contributed by atoms with E-state index in [2.05, 4.69) is 30.6 Å². The molecule has 3 N–H and O–H groups in total. The lowest BCUT2D eigenvalue weighted by molar-refractivity contribution is 0.102. The summed E-state index contributed by atoms with van der Waals surface area (Å²) >= 11 is 0. The lowest BCUT2D eigenvalue weighted by atomic mass is 10.0. The Kier molecular flexibility index (Phi) is 7.01. The number of aldehydes is 1. The summed E-state index contributed by atoms with van der Waals surface area (Å²) in [6, 6.07) is 15.0. The van der Waals surface area contributed by atoms with Crippen LogP contribution in [0.3, 0.4) is 0 Å². The number of aliphatic hydroxyl groups excluding tert-OH is 1. The van der Waals surface area contributed by atoms with Gasteiger partial charge in [-0.15, -0.1) is 10.2 Å². The van der Waals surface area contributed by atoms with E-state index in [1.807, 2.05) is 0 Å². The van der Waals surface area contributed by atoms with Crippen LogP contribution < -0.4 is 10.1 Å². The van der Waals surface area contributed by atoms with Gasteiger partial charge >= 0.3 is 0 Å². The van der Waals surface area contributed by atoms with E-state index in [0.717, 1.165) is 0 Å². The number of hydrogen-bond acceptors (Lipinski definition) is 10. The van der Waals surface area contributed by atoms with Crippen molar-refractivity contribution in [3.8, 4) is 17.4 Å². The summed E-state index contributed by atoms with van der Waals surface area (Å²) in [5.74, 6) is -0.490. The summed E-state index contributed by atoms with van der Waals surface area (Å²) < 4.78 is 6.57. The number of aromatic hydroxyl groups is 1. The number of carbonyl (C=O) groups excluding carboxylic acids is 2. The lowest BCUT2D eigenvalue weighted by Crippen LogP contribution is -2.13. The molecular formula is C27H21N7O5. The number of nitrogens with one attached hydrogen (secondary N) is 1. The molecule has 12 nitrogen and oxygen atoms in total. The molecular weight excluding hydrogens is 502 g/mol. The van der Waals surface area contributed by atoms with E-state index in [1.54, 1.807) is 48.5 Å². The zero-order valence-electron chi connectivity index (χ0n) is 20.5. The summed E-state index contributed by atoms with van der Waals surface area (Å²) in [6.07, 6.45) is 4.89. The van der Waals surface area contributed by atoms with Gasteiger partial charge in [0.15, 0.2) is 17.9 Å². The molecule has 0 aliphatic rings. The van der Waals surface area contributed by atoms with E-state index < -0.39 is 11.7 Å². The van der Waals surface area contributed by atoms with Crippen molar-refractivity contribution in [3.63, 3.8) is 0 Å². The topological polar surface area (TPSA) is 164 Å². The molecule has 5 rings (SSSR count). The Labute approximate surface area is 221 Å². The Morgan fingerprint density at radius 3 is 2.64 bits per heavy atom. The van der Waals surface area contributed by atoms with Crippen LogP contribution in [0.5, 0.6) is 11.5 Å². The normalized spacial score (nSPS) is 11.1. The van der Waals surface area contributed by atoms with Gasteiger partial charge in [0.2, 0.25) is 0 Å². The molecule has 0 fully saturated rings. The average molecular weight is 524 g/mol. The third-order valence-electron chi connectivity index (χ3n) is 5.82. The molecule has 0 unspecified atom stereocenters. The highest BCUT2D eigenvalue weighted by molar-refractivity contribution is 6.12. The number of aliphatic hydroxyl groups is 1. The number of hydrogen-bond donors (Lipinski definition) is 3. The zero-order chi connectivity index (χ0) is 27.4. The van der Waals surface area contributed by atoms with Crippen LogP contribution in [0.15, 0.2) is 83.4 Å². The maximum atomic E-state index is 13.3. The van der Waals surface area contributed by atoms with Crippen molar-refractivity contribution >= 4 is 40.2 Å². The second-order valence-corrected chi connectivity index (χ2v) is 8.19. The smallest absolute Gasteiger partial charge is 0.259 e. The second-order valence-electron chi connectivity index (χ2n) is 8.19. The van der Waals surface area contributed by atoms with Crippen molar-refractivity contribution in [1.82, 2.24) is 19.7 Å². The number of phenols is 1. The highest BCUT2D eigenvalue weighted by Crippen LogP contribution is 2.40. The number of anilines is 1. The average Bonchev–Trinajstić information content (AvgIpc) is 3.40. The molecule has 0 radical (unpaired) electrons. The first kappa shape index (κ1) is 25.2. The van der Waals surface area contributed by atoms with Crippen molar-refractivity contribution in [3.05, 3.63) is 89.9 Å². The molecule has 0 spiro atoms. The highest BCUT2D eigenvalue weighted by Gasteiger charge is 2.21. The van der Waals surface area contributed by atoms with Crippen LogP contribution in [0.25, 0.3) is 16.7 Å². The summed E-state index contributed by atoms with van der Waals surface area (Å²) in [5.41, 5.74) is 1.03. The van der Waals surface area contributed by atoms with E-state index in [0.29, 0.717) is 34.1 Å². The van der Waals surface area contributed by atoms with Crippen molar-refractivity contribution in [2.75, 3.05) is 12.4 Å². The van der Waals surface area contributed by atoms with Gasteiger partial charge in [-0.3, -0.25) is 9.59 Å². The molecule has 39 heavy (non-hydrogen) atoms. The standard InChI is InChI=1S/C27H21N7O5/c1-39-22-11-16(14-35)7-8-21(22)31-26(38)20-12-17-5-2-3-6-19(17)23(24(20)37)32-33-25-18(15-36)13-30-34(25)27-28-9-4-10-29-27/h2-13,15,35,37H,14H2,1H3,(H,31,38)/b33-32+. The van der Waals surface area contributed by atoms with E-state index >= 15 is 0 Å². The monoisotopic (exact) mass is 523 g/mol. The van der Waals surface area contributed by atoms with Gasteiger partial charge in [0.25, 0.3) is 11.9 Å². The van der Waals surface area contributed by atoms with E-state index in [-0.39, 0.29) is 35.2 Å². The summed E-state index contributed by atoms with van der Waals surface area (Å²) in [4.78, 5) is 33.2. The third-order valence-corrected chi connectivity index (χ3v) is 5.82. The summed E-state index contributed by atoms with van der Waals surface area (Å²) in [6.45, 7) is -0.189. The first-order valence-electron chi connectivity index (χ1n) is 11.6. The SMILES string of the molecule is COc1cc(CO)ccc1NC(=O)c1cc2ccccc2c(/N=N/c2c(C=O)cnn2-c2ncccn2)c1O. The Hall–Kier alpha value is -5.49. The van der Waals surface area contributed by atoms with Crippen LogP contribution >= 0.6 is 0 Å². The van der Waals surface area contributed by atoms with Gasteiger partial charge in [-0.1, -0.05) is 30.3 Å². The fourth-order valence-corrected chi connectivity index (χ4v) is 3.90. The van der Waals surface area contributed by atoms with E-state index in [1.165, 1.54) is 36.4 Å². The molecule has 0 aliphatic carbocycles. The Balaban J connectivity index is 1.58. The fraction of sp³-hybridized carbons (Fsp3) is 0.0741. The Bertz CT molecular complexity index is 1720. The molecule has 0 atom stereocenters. The van der Waals surface area contributed by atoms with Gasteiger partial charge in [0.05, 0.1) is 36.7 Å². The van der Waals surface area contributed by atoms with Crippen LogP contribution in [-0.4, -0.2) is 49.3 Å². The number of fused-ring (bicyclic) bond motifs is 1. The first-order chi connectivity index (χ1) is 19.0. The Morgan fingerprint density at radius 2 is 1.90 bits per heavy atom. The number of nitrogens with zero attached hydrogens (tertiary/aromatic N) is 6. The molecule has 3 aromatic carbocycles. The molecule has 1 amide bonds. The predicted octanol–water partition coefficient (Wildman–Crippen LogP) is 4.50. The van der Waals surface area contributed by atoms with Crippen LogP contribution in [0.1, 0.15) is 26.3 Å². The number of ether oxygens (including phenoxy) is 1. The maximum Gasteiger partial charge on any atom is 0.259 e. The van der Waals surface area contributed by atoms with Crippen LogP contribution in [0, 0.1) is 0 Å². The quantitative estimate of drug-likeness (QED) is 0.198. The molecule has 0 saturated heterocycles. The number of carbonyl (C=O) groups is 2. The number of benzene rings is 3. The molecule has 0 aliphatic heterocycles. The number of rotatable bonds is 8. The first-order valence-corrected chi connectivity index (χ1v) is 11.6. The summed E-state index contributed by atoms with van der Waals surface area (Å²) in [7, 11) is 1.44. The van der Waals surface area contributed by atoms with Crippen LogP contribution in [-0.2, 0) is 6.61 Å². The highest BCUT2D eigenvalue weighted by atomic mass is 16.5. The molecule has 194 valence electrons. The zero-order valence-corrected chi connectivity index (χ0v) is 20.5. The number of methoxy groups -OCH3 is 1. The largest absolute Gasteiger partial charge is 0.505 e. The van der Waals surface area contributed by atoms with Gasteiger partial charge in [0, 0.05) is 17.8 Å². The number of azo groups is 1. The van der Waals surface area contributed by atoms with Crippen molar-refractivity contribution in [2.24, 2.45) is 10.2 Å². The molecule has 2 aromatic heterocycles. The Morgan fingerprint density at radius 1 is 1.10 bits per heavy atom. The lowest BCUT2D eigenvalue weighted by Gasteiger charge is -2.14. The molecule has 0 bridgehead atoms. The van der Waals surface area contributed by atoms with Gasteiger partial charge in [-0.25, -0.2) is 9.97 Å². The van der Waals surface area contributed by atoms with Gasteiger partial charge < -0.3 is 20.3 Å². The van der Waals surface area contributed by atoms with Crippen molar-refractivity contribution < 1.29 is 24.5 Å². The van der Waals surface area contributed by atoms with Gasteiger partial charge in [-0.2, -0.15) is 9.78 Å².